The van der Waals surface area contributed by atoms with Crippen LogP contribution in [0, 0.1) is 11.6 Å². The van der Waals surface area contributed by atoms with Crippen LogP contribution in [0.1, 0.15) is 10.4 Å². The van der Waals surface area contributed by atoms with Crippen molar-refractivity contribution in [3.05, 3.63) is 65.7 Å². The number of benzene rings is 2. The van der Waals surface area contributed by atoms with Crippen LogP contribution in [0.15, 0.2) is 48.5 Å². The second kappa shape index (κ2) is 7.95. The predicted molar refractivity (Wildman–Crippen MR) is 91.9 cm³/mol. The van der Waals surface area contributed by atoms with Crippen LogP contribution in [-0.2, 0) is 9.53 Å². The summed E-state index contributed by atoms with van der Waals surface area (Å²) in [5.74, 6) is -3.01. The molecule has 0 aromatic heterocycles. The summed E-state index contributed by atoms with van der Waals surface area (Å²) >= 11 is 0. The highest BCUT2D eigenvalue weighted by molar-refractivity contribution is 5.91. The molecule has 0 unspecified atom stereocenters. The molecule has 1 aliphatic heterocycles. The standard InChI is InChI=1S/C19H18F2N2O3/c20-15-10-14(11-16(21)12-15)19(25)26-13-18(24)23-8-6-22(7-9-23)17-4-2-1-3-5-17/h1-5,10-12H,6-9,13H2. The minimum Gasteiger partial charge on any atom is -0.452 e. The summed E-state index contributed by atoms with van der Waals surface area (Å²) in [7, 11) is 0. The predicted octanol–water partition coefficient (Wildman–Crippen LogP) is 2.47. The Bertz CT molecular complexity index is 770. The third-order valence-corrected chi connectivity index (χ3v) is 4.18. The molecule has 2 aromatic rings. The second-order valence-corrected chi connectivity index (χ2v) is 5.94. The number of amides is 1. The van der Waals surface area contributed by atoms with Crippen molar-refractivity contribution in [1.82, 2.24) is 4.90 Å². The van der Waals surface area contributed by atoms with Gasteiger partial charge >= 0.3 is 5.97 Å². The highest BCUT2D eigenvalue weighted by Crippen LogP contribution is 2.15. The number of esters is 1. The van der Waals surface area contributed by atoms with Gasteiger partial charge in [-0.3, -0.25) is 4.79 Å². The van der Waals surface area contributed by atoms with Crippen molar-refractivity contribution in [2.45, 2.75) is 0 Å². The maximum atomic E-state index is 13.1. The van der Waals surface area contributed by atoms with Gasteiger partial charge in [0, 0.05) is 37.9 Å². The third-order valence-electron chi connectivity index (χ3n) is 4.18. The van der Waals surface area contributed by atoms with E-state index < -0.39 is 24.2 Å². The molecular weight excluding hydrogens is 342 g/mol. The van der Waals surface area contributed by atoms with Gasteiger partial charge in [-0.1, -0.05) is 18.2 Å². The number of nitrogens with zero attached hydrogens (tertiary/aromatic N) is 2. The first kappa shape index (κ1) is 17.8. The van der Waals surface area contributed by atoms with Gasteiger partial charge in [0.05, 0.1) is 5.56 Å². The van der Waals surface area contributed by atoms with E-state index in [0.29, 0.717) is 32.2 Å². The van der Waals surface area contributed by atoms with Gasteiger partial charge in [-0.05, 0) is 24.3 Å². The molecule has 0 aliphatic carbocycles. The van der Waals surface area contributed by atoms with Crippen LogP contribution < -0.4 is 4.90 Å². The summed E-state index contributed by atoms with van der Waals surface area (Å²) in [6, 6.07) is 12.3. The quantitative estimate of drug-likeness (QED) is 0.786. The average Bonchev–Trinajstić information content (AvgIpc) is 2.66. The van der Waals surface area contributed by atoms with E-state index in [1.54, 1.807) is 4.90 Å². The van der Waals surface area contributed by atoms with E-state index in [2.05, 4.69) is 4.90 Å². The van der Waals surface area contributed by atoms with E-state index >= 15 is 0 Å². The maximum Gasteiger partial charge on any atom is 0.338 e. The van der Waals surface area contributed by atoms with E-state index in [9.17, 15) is 18.4 Å². The first-order valence-electron chi connectivity index (χ1n) is 8.24. The van der Waals surface area contributed by atoms with Crippen LogP contribution in [-0.4, -0.2) is 49.6 Å². The van der Waals surface area contributed by atoms with Crippen molar-refractivity contribution < 1.29 is 23.1 Å². The highest BCUT2D eigenvalue weighted by Gasteiger charge is 2.22. The van der Waals surface area contributed by atoms with Crippen molar-refractivity contribution in [3.8, 4) is 0 Å². The molecule has 1 aliphatic rings. The first-order chi connectivity index (χ1) is 12.5. The number of hydrogen-bond donors (Lipinski definition) is 0. The monoisotopic (exact) mass is 360 g/mol. The Morgan fingerprint density at radius 2 is 1.54 bits per heavy atom. The number of carbonyl (C=O) groups is 2. The number of piperazine rings is 1. The van der Waals surface area contributed by atoms with Crippen molar-refractivity contribution >= 4 is 17.6 Å². The van der Waals surface area contributed by atoms with E-state index in [-0.39, 0.29) is 11.5 Å². The highest BCUT2D eigenvalue weighted by atomic mass is 19.1. The summed E-state index contributed by atoms with van der Waals surface area (Å²) in [6.07, 6.45) is 0. The van der Waals surface area contributed by atoms with Crippen LogP contribution >= 0.6 is 0 Å². The number of carbonyl (C=O) groups excluding carboxylic acids is 2. The van der Waals surface area contributed by atoms with Gasteiger partial charge in [0.15, 0.2) is 6.61 Å². The number of halogens is 2. The molecule has 1 saturated heterocycles. The first-order valence-corrected chi connectivity index (χ1v) is 8.24. The lowest BCUT2D eigenvalue weighted by Crippen LogP contribution is -2.49. The van der Waals surface area contributed by atoms with Crippen LogP contribution in [0.4, 0.5) is 14.5 Å². The zero-order valence-electron chi connectivity index (χ0n) is 14.0. The molecule has 3 rings (SSSR count). The SMILES string of the molecule is O=C(OCC(=O)N1CCN(c2ccccc2)CC1)c1cc(F)cc(F)c1. The topological polar surface area (TPSA) is 49.9 Å². The number of rotatable bonds is 4. The Labute approximate surface area is 149 Å². The number of anilines is 1. The fourth-order valence-electron chi connectivity index (χ4n) is 2.83. The molecule has 136 valence electrons. The van der Waals surface area contributed by atoms with Crippen LogP contribution in [0.5, 0.6) is 0 Å². The molecule has 1 amide bonds. The zero-order valence-corrected chi connectivity index (χ0v) is 14.0. The molecule has 0 spiro atoms. The molecular formula is C19H18F2N2O3. The summed E-state index contributed by atoms with van der Waals surface area (Å²) < 4.78 is 31.1. The Morgan fingerprint density at radius 1 is 0.923 bits per heavy atom. The van der Waals surface area contributed by atoms with Crippen molar-refractivity contribution in [2.75, 3.05) is 37.7 Å². The Balaban J connectivity index is 1.49. The van der Waals surface area contributed by atoms with Crippen molar-refractivity contribution in [1.29, 1.82) is 0 Å². The van der Waals surface area contributed by atoms with Crippen LogP contribution in [0.3, 0.4) is 0 Å². The molecule has 5 nitrogen and oxygen atoms in total. The smallest absolute Gasteiger partial charge is 0.338 e. The largest absolute Gasteiger partial charge is 0.452 e. The summed E-state index contributed by atoms with van der Waals surface area (Å²) in [4.78, 5) is 27.8. The van der Waals surface area contributed by atoms with Gasteiger partial charge < -0.3 is 14.5 Å². The number of ether oxygens (including phenoxy) is 1. The van der Waals surface area contributed by atoms with Gasteiger partial charge in [0.25, 0.3) is 5.91 Å². The molecule has 1 heterocycles. The van der Waals surface area contributed by atoms with Crippen LogP contribution in [0.25, 0.3) is 0 Å². The molecule has 0 N–H and O–H groups in total. The lowest BCUT2D eigenvalue weighted by molar-refractivity contribution is -0.134. The fraction of sp³-hybridized carbons (Fsp3) is 0.263. The fourth-order valence-corrected chi connectivity index (χ4v) is 2.83. The van der Waals surface area contributed by atoms with Gasteiger partial charge in [-0.15, -0.1) is 0 Å². The lowest BCUT2D eigenvalue weighted by Gasteiger charge is -2.36. The van der Waals surface area contributed by atoms with Gasteiger partial charge in [0.1, 0.15) is 11.6 Å². The zero-order chi connectivity index (χ0) is 18.5. The Kier molecular flexibility index (Phi) is 5.46. The molecule has 0 saturated carbocycles. The molecule has 26 heavy (non-hydrogen) atoms. The summed E-state index contributed by atoms with van der Waals surface area (Å²) in [5, 5.41) is 0. The molecule has 0 radical (unpaired) electrons. The number of para-hydroxylation sites is 1. The van der Waals surface area contributed by atoms with Crippen molar-refractivity contribution in [3.63, 3.8) is 0 Å². The summed E-state index contributed by atoms with van der Waals surface area (Å²) in [6.45, 7) is 1.93. The van der Waals surface area contributed by atoms with Gasteiger partial charge in [0.2, 0.25) is 0 Å². The molecule has 2 aromatic carbocycles. The minimum atomic E-state index is -0.931. The Morgan fingerprint density at radius 3 is 2.15 bits per heavy atom. The van der Waals surface area contributed by atoms with E-state index in [4.69, 9.17) is 4.74 Å². The van der Waals surface area contributed by atoms with Crippen molar-refractivity contribution in [2.24, 2.45) is 0 Å². The van der Waals surface area contributed by atoms with Crippen LogP contribution in [0.2, 0.25) is 0 Å². The molecule has 7 heteroatoms. The summed E-state index contributed by atoms with van der Waals surface area (Å²) in [5.41, 5.74) is 0.836. The maximum absolute atomic E-state index is 13.1. The molecule has 1 fully saturated rings. The molecule has 0 bridgehead atoms. The van der Waals surface area contributed by atoms with E-state index in [1.807, 2.05) is 30.3 Å². The van der Waals surface area contributed by atoms with Gasteiger partial charge in [-0.2, -0.15) is 0 Å². The van der Waals surface area contributed by atoms with E-state index in [1.165, 1.54) is 0 Å². The lowest BCUT2D eigenvalue weighted by atomic mass is 10.2. The minimum absolute atomic E-state index is 0.260. The average molecular weight is 360 g/mol. The molecule has 0 atom stereocenters. The van der Waals surface area contributed by atoms with Gasteiger partial charge in [-0.25, -0.2) is 13.6 Å². The third kappa shape index (κ3) is 4.36. The number of hydrogen-bond acceptors (Lipinski definition) is 4. The van der Waals surface area contributed by atoms with E-state index in [0.717, 1.165) is 17.8 Å². The Hall–Kier alpha value is -2.96. The normalized spacial score (nSPS) is 14.2. The second-order valence-electron chi connectivity index (χ2n) is 5.94.